The molecule has 2 aromatic rings. The van der Waals surface area contributed by atoms with E-state index in [1.54, 1.807) is 0 Å². The molecule has 0 aromatic heterocycles. The SMILES string of the molecule is Cc1ccc(NC(=O)C2(C(=O)Nc3ccccc3C(C)C)CC2)c(C)c1. The Hall–Kier alpha value is -2.62. The van der Waals surface area contributed by atoms with Crippen molar-refractivity contribution >= 4 is 23.2 Å². The number of hydrogen-bond acceptors (Lipinski definition) is 2. The lowest BCUT2D eigenvalue weighted by Gasteiger charge is -2.19. The summed E-state index contributed by atoms with van der Waals surface area (Å²) in [7, 11) is 0. The number of hydrogen-bond donors (Lipinski definition) is 2. The number of nitrogens with one attached hydrogen (secondary N) is 2. The fourth-order valence-electron chi connectivity index (χ4n) is 3.23. The van der Waals surface area contributed by atoms with Crippen LogP contribution in [0, 0.1) is 19.3 Å². The van der Waals surface area contributed by atoms with E-state index < -0.39 is 5.41 Å². The molecule has 0 bridgehead atoms. The van der Waals surface area contributed by atoms with E-state index in [2.05, 4.69) is 24.5 Å². The minimum atomic E-state index is -0.957. The number of para-hydroxylation sites is 1. The van der Waals surface area contributed by atoms with Crippen LogP contribution in [0.1, 0.15) is 49.3 Å². The minimum absolute atomic E-state index is 0.215. The average molecular weight is 350 g/mol. The van der Waals surface area contributed by atoms with Crippen molar-refractivity contribution in [3.05, 3.63) is 59.2 Å². The Morgan fingerprint density at radius 1 is 0.923 bits per heavy atom. The van der Waals surface area contributed by atoms with Gasteiger partial charge in [-0.2, -0.15) is 0 Å². The van der Waals surface area contributed by atoms with Gasteiger partial charge in [0, 0.05) is 11.4 Å². The molecule has 4 heteroatoms. The van der Waals surface area contributed by atoms with Crippen molar-refractivity contribution in [1.82, 2.24) is 0 Å². The summed E-state index contributed by atoms with van der Waals surface area (Å²) in [5, 5.41) is 5.93. The summed E-state index contributed by atoms with van der Waals surface area (Å²) < 4.78 is 0. The number of rotatable bonds is 5. The van der Waals surface area contributed by atoms with Crippen molar-refractivity contribution in [2.24, 2.45) is 5.41 Å². The van der Waals surface area contributed by atoms with Gasteiger partial charge in [0.1, 0.15) is 5.41 Å². The maximum atomic E-state index is 12.9. The highest BCUT2D eigenvalue weighted by molar-refractivity contribution is 6.17. The average Bonchev–Trinajstić information content (AvgIpc) is 3.39. The maximum absolute atomic E-state index is 12.9. The number of carbonyl (C=O) groups excluding carboxylic acids is 2. The summed E-state index contributed by atoms with van der Waals surface area (Å²) in [4.78, 5) is 25.7. The summed E-state index contributed by atoms with van der Waals surface area (Å²) in [5.41, 5.74) is 3.82. The van der Waals surface area contributed by atoms with Gasteiger partial charge in [-0.05, 0) is 55.9 Å². The van der Waals surface area contributed by atoms with Crippen LogP contribution >= 0.6 is 0 Å². The molecule has 0 atom stereocenters. The lowest BCUT2D eigenvalue weighted by molar-refractivity contribution is -0.131. The van der Waals surface area contributed by atoms with Gasteiger partial charge in [-0.3, -0.25) is 9.59 Å². The van der Waals surface area contributed by atoms with Gasteiger partial charge in [-0.25, -0.2) is 0 Å². The summed E-state index contributed by atoms with van der Waals surface area (Å²) in [6.07, 6.45) is 1.17. The van der Waals surface area contributed by atoms with E-state index in [4.69, 9.17) is 0 Å². The van der Waals surface area contributed by atoms with Crippen molar-refractivity contribution in [3.63, 3.8) is 0 Å². The first kappa shape index (κ1) is 18.2. The van der Waals surface area contributed by atoms with Gasteiger partial charge in [-0.1, -0.05) is 49.7 Å². The van der Waals surface area contributed by atoms with Gasteiger partial charge in [0.25, 0.3) is 0 Å². The fourth-order valence-corrected chi connectivity index (χ4v) is 3.23. The lowest BCUT2D eigenvalue weighted by Crippen LogP contribution is -2.36. The van der Waals surface area contributed by atoms with E-state index in [9.17, 15) is 9.59 Å². The Bertz CT molecular complexity index is 851. The van der Waals surface area contributed by atoms with Crippen molar-refractivity contribution in [2.75, 3.05) is 10.6 Å². The highest BCUT2D eigenvalue weighted by atomic mass is 16.2. The molecular weight excluding hydrogens is 324 g/mol. The Balaban J connectivity index is 1.76. The molecule has 2 N–H and O–H groups in total. The molecule has 2 amide bonds. The number of aryl methyl sites for hydroxylation is 2. The summed E-state index contributed by atoms with van der Waals surface area (Å²) >= 11 is 0. The first-order valence-electron chi connectivity index (χ1n) is 9.12. The predicted octanol–water partition coefficient (Wildman–Crippen LogP) is 4.78. The van der Waals surface area contributed by atoms with Crippen LogP contribution < -0.4 is 10.6 Å². The second kappa shape index (κ2) is 6.94. The number of carbonyl (C=O) groups is 2. The van der Waals surface area contributed by atoms with Crippen LogP contribution in [0.5, 0.6) is 0 Å². The summed E-state index contributed by atoms with van der Waals surface area (Å²) in [5.74, 6) is -0.137. The molecular formula is C22H26N2O2. The zero-order valence-corrected chi connectivity index (χ0v) is 15.8. The third-order valence-electron chi connectivity index (χ3n) is 5.08. The van der Waals surface area contributed by atoms with Crippen LogP contribution in [-0.2, 0) is 9.59 Å². The van der Waals surface area contributed by atoms with Crippen LogP contribution in [0.3, 0.4) is 0 Å². The van der Waals surface area contributed by atoms with Crippen LogP contribution in [0.15, 0.2) is 42.5 Å². The van der Waals surface area contributed by atoms with Gasteiger partial charge in [0.05, 0.1) is 0 Å². The van der Waals surface area contributed by atoms with Crippen molar-refractivity contribution in [2.45, 2.75) is 46.5 Å². The van der Waals surface area contributed by atoms with Gasteiger partial charge >= 0.3 is 0 Å². The zero-order chi connectivity index (χ0) is 18.9. The molecule has 0 saturated heterocycles. The summed E-state index contributed by atoms with van der Waals surface area (Å²) in [6, 6.07) is 13.6. The molecule has 3 rings (SSSR count). The van der Waals surface area contributed by atoms with Crippen LogP contribution in [0.2, 0.25) is 0 Å². The molecule has 1 aliphatic carbocycles. The van der Waals surface area contributed by atoms with E-state index in [1.807, 2.05) is 56.3 Å². The molecule has 4 nitrogen and oxygen atoms in total. The van der Waals surface area contributed by atoms with Crippen LogP contribution in [0.4, 0.5) is 11.4 Å². The van der Waals surface area contributed by atoms with E-state index in [1.165, 1.54) is 0 Å². The molecule has 0 spiro atoms. The first-order valence-corrected chi connectivity index (χ1v) is 9.12. The van der Waals surface area contributed by atoms with Gasteiger partial charge < -0.3 is 10.6 Å². The molecule has 0 aliphatic heterocycles. The molecule has 2 aromatic carbocycles. The Morgan fingerprint density at radius 3 is 2.12 bits per heavy atom. The molecule has 1 aliphatic rings. The predicted molar refractivity (Wildman–Crippen MR) is 105 cm³/mol. The normalized spacial score (nSPS) is 14.8. The van der Waals surface area contributed by atoms with Gasteiger partial charge in [0.2, 0.25) is 11.8 Å². The van der Waals surface area contributed by atoms with E-state index in [0.717, 1.165) is 28.1 Å². The van der Waals surface area contributed by atoms with E-state index >= 15 is 0 Å². The lowest BCUT2D eigenvalue weighted by atomic mass is 9.99. The largest absolute Gasteiger partial charge is 0.325 e. The van der Waals surface area contributed by atoms with E-state index in [0.29, 0.717) is 18.8 Å². The Kier molecular flexibility index (Phi) is 4.86. The standard InChI is InChI=1S/C22H26N2O2/c1-14(2)17-7-5-6-8-19(17)24-21(26)22(11-12-22)20(25)23-18-10-9-15(3)13-16(18)4/h5-10,13-14H,11-12H2,1-4H3,(H,23,25)(H,24,26). The highest BCUT2D eigenvalue weighted by Gasteiger charge is 2.56. The third kappa shape index (κ3) is 3.50. The highest BCUT2D eigenvalue weighted by Crippen LogP contribution is 2.48. The number of benzene rings is 2. The molecule has 0 unspecified atom stereocenters. The monoisotopic (exact) mass is 350 g/mol. The topological polar surface area (TPSA) is 58.2 Å². The van der Waals surface area contributed by atoms with Gasteiger partial charge in [-0.15, -0.1) is 0 Å². The third-order valence-corrected chi connectivity index (χ3v) is 5.08. The number of amides is 2. The molecule has 1 saturated carbocycles. The van der Waals surface area contributed by atoms with Crippen molar-refractivity contribution in [1.29, 1.82) is 0 Å². The molecule has 1 fully saturated rings. The molecule has 0 radical (unpaired) electrons. The smallest absolute Gasteiger partial charge is 0.240 e. The zero-order valence-electron chi connectivity index (χ0n) is 15.8. The molecule has 26 heavy (non-hydrogen) atoms. The maximum Gasteiger partial charge on any atom is 0.240 e. The van der Waals surface area contributed by atoms with E-state index in [-0.39, 0.29) is 11.8 Å². The second-order valence-electron chi connectivity index (χ2n) is 7.55. The quantitative estimate of drug-likeness (QED) is 0.762. The van der Waals surface area contributed by atoms with Crippen molar-refractivity contribution in [3.8, 4) is 0 Å². The van der Waals surface area contributed by atoms with Crippen LogP contribution in [-0.4, -0.2) is 11.8 Å². The number of anilines is 2. The molecule has 0 heterocycles. The Labute approximate surface area is 155 Å². The summed E-state index contributed by atoms with van der Waals surface area (Å²) in [6.45, 7) is 8.15. The second-order valence-corrected chi connectivity index (χ2v) is 7.55. The van der Waals surface area contributed by atoms with Crippen molar-refractivity contribution < 1.29 is 9.59 Å². The Morgan fingerprint density at radius 2 is 1.54 bits per heavy atom. The molecule has 136 valence electrons. The first-order chi connectivity index (χ1) is 12.3. The van der Waals surface area contributed by atoms with Gasteiger partial charge in [0.15, 0.2) is 0 Å². The minimum Gasteiger partial charge on any atom is -0.325 e. The fraction of sp³-hybridized carbons (Fsp3) is 0.364. The van der Waals surface area contributed by atoms with Crippen LogP contribution in [0.25, 0.3) is 0 Å².